The average molecular weight is 890 g/mol. The fourth-order valence-electron chi connectivity index (χ4n) is 10.7. The van der Waals surface area contributed by atoms with Crippen LogP contribution in [0.15, 0.2) is 103 Å². The summed E-state index contributed by atoms with van der Waals surface area (Å²) < 4.78 is 51.0. The molecule has 0 aromatic heterocycles. The van der Waals surface area contributed by atoms with Crippen molar-refractivity contribution >= 4 is 52.5 Å². The Morgan fingerprint density at radius 1 is 0.855 bits per heavy atom. The number of nitrogens with zero attached hydrogens (tertiary/aromatic N) is 3. The molecule has 3 aliphatic heterocycles. The number of hydrogen-bond donors (Lipinski definition) is 2. The maximum Gasteiger partial charge on any atom is 0.573 e. The first-order valence-electron chi connectivity index (χ1n) is 20.4. The standard InChI is InChI=1S/C46H41Cl2F3N4O7/c1-61-29-10-7-26(8-11-29)45-35(42(58)55(44(45)60)52-37-15-9-27(47)21-36(37)48)23-33-31(40(45)34-22-30(12-16-38(34)56)62-46(49,50)51)13-14-32-39(33)43(59)54(41(32)57)28-17-19-53(20-18-28)24-25-5-3-2-4-6-25/h2-13,15-16,21-22,28,32-33,35,39-40,52,56H,14,17-20,23-24H2,1H3/t32-,33+,35-,39-,40+,45+/m0/s1. The first-order valence-corrected chi connectivity index (χ1v) is 21.1. The number of ether oxygens (including phenoxy) is 2. The van der Waals surface area contributed by atoms with Gasteiger partial charge in [0.1, 0.15) is 17.2 Å². The molecule has 16 heteroatoms. The number of carbonyl (C=O) groups is 4. The molecular weight excluding hydrogens is 848 g/mol. The minimum atomic E-state index is -5.10. The lowest BCUT2D eigenvalue weighted by molar-refractivity contribution is -0.274. The van der Waals surface area contributed by atoms with Gasteiger partial charge in [0, 0.05) is 42.2 Å². The fourth-order valence-corrected chi connectivity index (χ4v) is 11.2. The lowest BCUT2D eigenvalue weighted by atomic mass is 9.49. The highest BCUT2D eigenvalue weighted by molar-refractivity contribution is 6.36. The Bertz CT molecular complexity index is 2480. The predicted molar refractivity (Wildman–Crippen MR) is 222 cm³/mol. The second-order valence-electron chi connectivity index (χ2n) is 16.5. The highest BCUT2D eigenvalue weighted by atomic mass is 35.5. The van der Waals surface area contributed by atoms with Crippen LogP contribution in [0.1, 0.15) is 48.3 Å². The van der Waals surface area contributed by atoms with Gasteiger partial charge in [0.05, 0.1) is 41.0 Å². The molecule has 5 aliphatic rings. The minimum absolute atomic E-state index is 0.0749. The van der Waals surface area contributed by atoms with Crippen LogP contribution in [0.3, 0.4) is 0 Å². The number of alkyl halides is 3. The van der Waals surface area contributed by atoms with Gasteiger partial charge in [0.2, 0.25) is 11.8 Å². The van der Waals surface area contributed by atoms with Gasteiger partial charge in [-0.25, -0.2) is 0 Å². The van der Waals surface area contributed by atoms with Crippen LogP contribution < -0.4 is 14.9 Å². The quantitative estimate of drug-likeness (QED) is 0.126. The third kappa shape index (κ3) is 7.05. The molecule has 0 bridgehead atoms. The van der Waals surface area contributed by atoms with Crippen LogP contribution in [0.5, 0.6) is 17.2 Å². The van der Waals surface area contributed by atoms with E-state index in [9.17, 15) is 27.9 Å². The smallest absolute Gasteiger partial charge is 0.508 e. The molecule has 3 saturated heterocycles. The Labute approximate surface area is 364 Å². The largest absolute Gasteiger partial charge is 0.573 e. The van der Waals surface area contributed by atoms with Crippen LogP contribution in [0, 0.1) is 23.7 Å². The summed E-state index contributed by atoms with van der Waals surface area (Å²) in [7, 11) is 1.46. The zero-order valence-electron chi connectivity index (χ0n) is 33.3. The Morgan fingerprint density at radius 2 is 1.56 bits per heavy atom. The van der Waals surface area contributed by atoms with Crippen molar-refractivity contribution in [2.75, 3.05) is 25.6 Å². The topological polar surface area (TPSA) is 129 Å². The summed E-state index contributed by atoms with van der Waals surface area (Å²) in [6.07, 6.45) is -2.17. The molecule has 2 aliphatic carbocycles. The van der Waals surface area contributed by atoms with E-state index in [-0.39, 0.29) is 47.0 Å². The first-order chi connectivity index (χ1) is 29.7. The molecular formula is C46H41Cl2F3N4O7. The summed E-state index contributed by atoms with van der Waals surface area (Å²) in [5.74, 6) is -8.01. The molecule has 322 valence electrons. The Hall–Kier alpha value is -5.57. The number of benzene rings is 4. The van der Waals surface area contributed by atoms with Crippen molar-refractivity contribution < 1.29 is 46.9 Å². The SMILES string of the molecule is COc1ccc([C@@]23C(=O)N(Nc4ccc(Cl)cc4Cl)C(=O)[C@@H]2C[C@@H]2C(=CC[C@@H]4C(=O)N(C5CCN(Cc6ccccc6)CC5)C(=O)[C@@H]42)[C@@H]3c2cc(OC(F)(F)F)ccc2O)cc1. The van der Waals surface area contributed by atoms with Crippen molar-refractivity contribution in [2.45, 2.75) is 56.0 Å². The summed E-state index contributed by atoms with van der Waals surface area (Å²) in [6, 6.07) is 23.6. The maximum absolute atomic E-state index is 15.5. The van der Waals surface area contributed by atoms with Crippen LogP contribution in [-0.4, -0.2) is 76.1 Å². The molecule has 4 amide bonds. The molecule has 2 N–H and O–H groups in total. The van der Waals surface area contributed by atoms with E-state index in [2.05, 4.69) is 27.2 Å². The second-order valence-corrected chi connectivity index (χ2v) is 17.4. The molecule has 4 aromatic rings. The van der Waals surface area contributed by atoms with Gasteiger partial charge in [0.15, 0.2) is 0 Å². The number of piperidine rings is 1. The zero-order valence-corrected chi connectivity index (χ0v) is 34.8. The van der Waals surface area contributed by atoms with E-state index < -0.39 is 64.7 Å². The number of nitrogens with one attached hydrogen (secondary N) is 1. The number of methoxy groups -OCH3 is 1. The maximum atomic E-state index is 15.5. The Kier molecular flexibility index (Phi) is 10.8. The minimum Gasteiger partial charge on any atom is -0.508 e. The van der Waals surface area contributed by atoms with E-state index in [1.807, 2.05) is 18.2 Å². The van der Waals surface area contributed by atoms with Crippen molar-refractivity contribution in [1.82, 2.24) is 14.8 Å². The third-order valence-electron chi connectivity index (χ3n) is 13.3. The highest BCUT2D eigenvalue weighted by Crippen LogP contribution is 2.65. The number of halogens is 5. The van der Waals surface area contributed by atoms with Crippen LogP contribution in [0.2, 0.25) is 10.0 Å². The number of rotatable bonds is 9. The number of phenolic OH excluding ortho intramolecular Hbond substituents is 1. The van der Waals surface area contributed by atoms with E-state index in [0.717, 1.165) is 35.3 Å². The van der Waals surface area contributed by atoms with Gasteiger partial charge < -0.3 is 14.6 Å². The van der Waals surface area contributed by atoms with Gasteiger partial charge in [-0.3, -0.25) is 34.4 Å². The molecule has 3 heterocycles. The van der Waals surface area contributed by atoms with Gasteiger partial charge in [-0.05, 0) is 91.3 Å². The van der Waals surface area contributed by atoms with Gasteiger partial charge in [0.25, 0.3) is 11.8 Å². The number of allylic oxidation sites excluding steroid dienone is 2. The molecule has 1 saturated carbocycles. The number of fused-ring (bicyclic) bond motifs is 4. The van der Waals surface area contributed by atoms with Gasteiger partial charge in [-0.1, -0.05) is 77.3 Å². The van der Waals surface area contributed by atoms with E-state index in [1.54, 1.807) is 30.3 Å². The van der Waals surface area contributed by atoms with Crippen molar-refractivity contribution in [3.63, 3.8) is 0 Å². The number of hydrazine groups is 1. The number of anilines is 1. The molecule has 0 spiro atoms. The monoisotopic (exact) mass is 888 g/mol. The van der Waals surface area contributed by atoms with Crippen LogP contribution in [0.25, 0.3) is 0 Å². The zero-order chi connectivity index (χ0) is 43.7. The third-order valence-corrected chi connectivity index (χ3v) is 13.9. The Balaban J connectivity index is 1.15. The van der Waals surface area contributed by atoms with Crippen LogP contribution in [-0.2, 0) is 31.1 Å². The summed E-state index contributed by atoms with van der Waals surface area (Å²) >= 11 is 12.7. The van der Waals surface area contributed by atoms with E-state index in [0.29, 0.717) is 47.8 Å². The van der Waals surface area contributed by atoms with E-state index >= 15 is 9.59 Å². The predicted octanol–water partition coefficient (Wildman–Crippen LogP) is 8.26. The number of amides is 4. The lowest BCUT2D eigenvalue weighted by Crippen LogP contribution is -2.53. The molecule has 6 atom stereocenters. The molecule has 9 rings (SSSR count). The van der Waals surface area contributed by atoms with E-state index in [1.165, 1.54) is 30.2 Å². The normalized spacial score (nSPS) is 26.5. The number of phenols is 1. The summed E-state index contributed by atoms with van der Waals surface area (Å²) in [5.41, 5.74) is 2.91. The molecule has 4 aromatic carbocycles. The van der Waals surface area contributed by atoms with Crippen molar-refractivity contribution in [2.24, 2.45) is 23.7 Å². The van der Waals surface area contributed by atoms with Gasteiger partial charge in [-0.15, -0.1) is 13.2 Å². The van der Waals surface area contributed by atoms with E-state index in [4.69, 9.17) is 27.9 Å². The van der Waals surface area contributed by atoms with Gasteiger partial charge in [-0.2, -0.15) is 5.01 Å². The lowest BCUT2D eigenvalue weighted by Gasteiger charge is -2.50. The van der Waals surface area contributed by atoms with Gasteiger partial charge >= 0.3 is 6.36 Å². The molecule has 0 radical (unpaired) electrons. The number of imide groups is 2. The molecule has 11 nitrogen and oxygen atoms in total. The summed E-state index contributed by atoms with van der Waals surface area (Å²) in [6.45, 7) is 2.07. The molecule has 4 fully saturated rings. The van der Waals surface area contributed by atoms with Crippen molar-refractivity contribution in [3.8, 4) is 17.2 Å². The summed E-state index contributed by atoms with van der Waals surface area (Å²) in [4.78, 5) is 63.6. The highest BCUT2D eigenvalue weighted by Gasteiger charge is 2.71. The Morgan fingerprint density at radius 3 is 2.24 bits per heavy atom. The number of aromatic hydroxyl groups is 1. The van der Waals surface area contributed by atoms with Crippen LogP contribution in [0.4, 0.5) is 18.9 Å². The van der Waals surface area contributed by atoms with Crippen LogP contribution >= 0.6 is 23.2 Å². The number of hydrogen-bond acceptors (Lipinski definition) is 9. The average Bonchev–Trinajstić information content (AvgIpc) is 3.63. The fraction of sp³-hybridized carbons (Fsp3) is 0.348. The summed E-state index contributed by atoms with van der Waals surface area (Å²) in [5, 5.41) is 12.9. The number of carbonyl (C=O) groups excluding carboxylic acids is 4. The number of likely N-dealkylation sites (tertiary alicyclic amines) is 2. The molecule has 62 heavy (non-hydrogen) atoms. The first kappa shape index (κ1) is 41.8. The second kappa shape index (κ2) is 16.0. The van der Waals surface area contributed by atoms with Crippen molar-refractivity contribution in [3.05, 3.63) is 129 Å². The van der Waals surface area contributed by atoms with Crippen molar-refractivity contribution in [1.29, 1.82) is 0 Å². The molecule has 0 unspecified atom stereocenters.